The third-order valence-corrected chi connectivity index (χ3v) is 3.58. The van der Waals surface area contributed by atoms with Gasteiger partial charge in [0.15, 0.2) is 0 Å². The number of benzene rings is 1. The second-order valence-electron chi connectivity index (χ2n) is 4.76. The Morgan fingerprint density at radius 2 is 2.06 bits per heavy atom. The fraction of sp³-hybridized carbons (Fsp3) is 0.571. The molecule has 0 spiro atoms. The summed E-state index contributed by atoms with van der Waals surface area (Å²) in [6, 6.07) is 6.43. The van der Waals surface area contributed by atoms with Crippen LogP contribution in [0.3, 0.4) is 0 Å². The van der Waals surface area contributed by atoms with Crippen LogP contribution in [-0.2, 0) is 6.42 Å². The van der Waals surface area contributed by atoms with E-state index in [2.05, 4.69) is 35.8 Å². The average molecular weight is 300 g/mol. The van der Waals surface area contributed by atoms with E-state index in [1.165, 1.54) is 5.56 Å². The normalized spacial score (nSPS) is 12.8. The molecule has 0 aromatic heterocycles. The van der Waals surface area contributed by atoms with Crippen LogP contribution in [0.4, 0.5) is 0 Å². The summed E-state index contributed by atoms with van der Waals surface area (Å²) in [5, 5.41) is 0. The maximum absolute atomic E-state index is 6.04. The van der Waals surface area contributed by atoms with Crippen molar-refractivity contribution < 1.29 is 4.74 Å². The first-order chi connectivity index (χ1) is 8.04. The van der Waals surface area contributed by atoms with Crippen LogP contribution in [0.5, 0.6) is 5.75 Å². The maximum Gasteiger partial charge on any atom is 0.122 e. The minimum absolute atomic E-state index is 0.299. The zero-order valence-electron chi connectivity index (χ0n) is 10.9. The number of hydrogen-bond acceptors (Lipinski definition) is 2. The first kappa shape index (κ1) is 14.5. The molecule has 0 aliphatic heterocycles. The first-order valence-electron chi connectivity index (χ1n) is 6.12. The van der Waals surface area contributed by atoms with Crippen molar-refractivity contribution in [1.82, 2.24) is 0 Å². The van der Waals surface area contributed by atoms with E-state index in [0.717, 1.165) is 29.5 Å². The van der Waals surface area contributed by atoms with Gasteiger partial charge in [-0.25, -0.2) is 0 Å². The van der Waals surface area contributed by atoms with Crippen molar-refractivity contribution in [3.8, 4) is 5.75 Å². The van der Waals surface area contributed by atoms with E-state index in [-0.39, 0.29) is 0 Å². The molecule has 0 aliphatic carbocycles. The van der Waals surface area contributed by atoms with Gasteiger partial charge >= 0.3 is 0 Å². The number of nitrogens with two attached hydrogens (primary N) is 1. The molecule has 0 aliphatic rings. The molecule has 0 saturated heterocycles. The first-order valence-corrected chi connectivity index (χ1v) is 6.92. The summed E-state index contributed by atoms with van der Waals surface area (Å²) in [6.07, 6.45) is 3.18. The Labute approximate surface area is 113 Å². The molecule has 1 unspecified atom stereocenters. The topological polar surface area (TPSA) is 35.2 Å². The van der Waals surface area contributed by atoms with E-state index in [9.17, 15) is 0 Å². The molecule has 2 N–H and O–H groups in total. The van der Waals surface area contributed by atoms with Crippen molar-refractivity contribution in [3.05, 3.63) is 28.2 Å². The number of rotatable bonds is 6. The van der Waals surface area contributed by atoms with Gasteiger partial charge in [0.25, 0.3) is 0 Å². The number of halogens is 1. The molecule has 96 valence electrons. The number of ether oxygens (including phenoxy) is 1. The number of hydrogen-bond donors (Lipinski definition) is 1. The molecule has 0 saturated carbocycles. The minimum Gasteiger partial charge on any atom is -0.496 e. The van der Waals surface area contributed by atoms with Gasteiger partial charge in [0.2, 0.25) is 0 Å². The lowest BCUT2D eigenvalue weighted by atomic mass is 9.97. The third-order valence-electron chi connectivity index (χ3n) is 3.08. The quantitative estimate of drug-likeness (QED) is 0.868. The maximum atomic E-state index is 6.04. The highest BCUT2D eigenvalue weighted by molar-refractivity contribution is 9.10. The Kier molecular flexibility index (Phi) is 6.00. The zero-order chi connectivity index (χ0) is 12.8. The van der Waals surface area contributed by atoms with Crippen molar-refractivity contribution in [2.45, 2.75) is 39.2 Å². The second kappa shape index (κ2) is 7.02. The largest absolute Gasteiger partial charge is 0.496 e. The van der Waals surface area contributed by atoms with E-state index >= 15 is 0 Å². The molecule has 1 aromatic carbocycles. The third kappa shape index (κ3) is 4.68. The van der Waals surface area contributed by atoms with Crippen LogP contribution in [-0.4, -0.2) is 13.2 Å². The molecule has 0 bridgehead atoms. The Hall–Kier alpha value is -0.540. The predicted octanol–water partition coefficient (Wildman–Crippen LogP) is 3.76. The van der Waals surface area contributed by atoms with E-state index in [1.807, 2.05) is 12.1 Å². The molecule has 1 atom stereocenters. The van der Waals surface area contributed by atoms with Crippen molar-refractivity contribution in [1.29, 1.82) is 0 Å². The lowest BCUT2D eigenvalue weighted by molar-refractivity contribution is 0.406. The minimum atomic E-state index is 0.299. The van der Waals surface area contributed by atoms with E-state index < -0.39 is 0 Å². The van der Waals surface area contributed by atoms with Gasteiger partial charge in [-0.05, 0) is 48.9 Å². The van der Waals surface area contributed by atoms with Gasteiger partial charge in [0.05, 0.1) is 7.11 Å². The van der Waals surface area contributed by atoms with Crippen molar-refractivity contribution in [2.24, 2.45) is 11.7 Å². The summed E-state index contributed by atoms with van der Waals surface area (Å²) in [4.78, 5) is 0. The molecular weight excluding hydrogens is 278 g/mol. The number of aryl methyl sites for hydroxylation is 1. The molecule has 1 aromatic rings. The summed E-state index contributed by atoms with van der Waals surface area (Å²) < 4.78 is 6.45. The molecule has 1 rings (SSSR count). The second-order valence-corrected chi connectivity index (χ2v) is 5.67. The van der Waals surface area contributed by atoms with Crippen molar-refractivity contribution in [2.75, 3.05) is 7.11 Å². The van der Waals surface area contributed by atoms with Gasteiger partial charge < -0.3 is 10.5 Å². The van der Waals surface area contributed by atoms with Crippen LogP contribution in [0.1, 0.15) is 32.3 Å². The summed E-state index contributed by atoms with van der Waals surface area (Å²) in [6.45, 7) is 4.34. The molecular formula is C14H22BrNO. The van der Waals surface area contributed by atoms with Crippen LogP contribution in [0, 0.1) is 5.92 Å². The van der Waals surface area contributed by atoms with Crippen molar-refractivity contribution in [3.63, 3.8) is 0 Å². The van der Waals surface area contributed by atoms with Crippen LogP contribution in [0.2, 0.25) is 0 Å². The molecule has 0 radical (unpaired) electrons. The fourth-order valence-corrected chi connectivity index (χ4v) is 2.21. The van der Waals surface area contributed by atoms with E-state index in [1.54, 1.807) is 7.11 Å². The van der Waals surface area contributed by atoms with Crippen LogP contribution in [0.25, 0.3) is 0 Å². The highest BCUT2D eigenvalue weighted by atomic mass is 79.9. The SMILES string of the molecule is COc1ccc(Br)cc1CCCC(N)C(C)C. The molecule has 0 heterocycles. The fourth-order valence-electron chi connectivity index (χ4n) is 1.80. The summed E-state index contributed by atoms with van der Waals surface area (Å²) >= 11 is 3.49. The molecule has 0 fully saturated rings. The Balaban J connectivity index is 2.53. The van der Waals surface area contributed by atoms with E-state index in [0.29, 0.717) is 12.0 Å². The smallest absolute Gasteiger partial charge is 0.122 e. The standard InChI is InChI=1S/C14H22BrNO/c1-10(2)13(16)6-4-5-11-9-12(15)7-8-14(11)17-3/h7-10,13H,4-6,16H2,1-3H3. The lowest BCUT2D eigenvalue weighted by Crippen LogP contribution is -2.26. The average Bonchev–Trinajstić information content (AvgIpc) is 2.29. The van der Waals surface area contributed by atoms with Gasteiger partial charge in [-0.1, -0.05) is 29.8 Å². The summed E-state index contributed by atoms with van der Waals surface area (Å²) in [5.41, 5.74) is 7.29. The molecule has 3 heteroatoms. The Bertz CT molecular complexity index is 352. The lowest BCUT2D eigenvalue weighted by Gasteiger charge is -2.15. The number of methoxy groups -OCH3 is 1. The molecule has 0 amide bonds. The van der Waals surface area contributed by atoms with Gasteiger partial charge in [-0.15, -0.1) is 0 Å². The Morgan fingerprint density at radius 1 is 1.35 bits per heavy atom. The predicted molar refractivity (Wildman–Crippen MR) is 76.4 cm³/mol. The highest BCUT2D eigenvalue weighted by Gasteiger charge is 2.08. The summed E-state index contributed by atoms with van der Waals surface area (Å²) in [5.74, 6) is 1.52. The van der Waals surface area contributed by atoms with Gasteiger partial charge in [-0.3, -0.25) is 0 Å². The van der Waals surface area contributed by atoms with Gasteiger partial charge in [0, 0.05) is 10.5 Å². The van der Waals surface area contributed by atoms with Crippen LogP contribution in [0.15, 0.2) is 22.7 Å². The summed E-state index contributed by atoms with van der Waals surface area (Å²) in [7, 11) is 1.71. The van der Waals surface area contributed by atoms with Crippen LogP contribution < -0.4 is 10.5 Å². The highest BCUT2D eigenvalue weighted by Crippen LogP contribution is 2.24. The van der Waals surface area contributed by atoms with E-state index in [4.69, 9.17) is 10.5 Å². The molecule has 17 heavy (non-hydrogen) atoms. The van der Waals surface area contributed by atoms with Crippen LogP contribution >= 0.6 is 15.9 Å². The zero-order valence-corrected chi connectivity index (χ0v) is 12.5. The van der Waals surface area contributed by atoms with Crippen molar-refractivity contribution >= 4 is 15.9 Å². The van der Waals surface area contributed by atoms with Gasteiger partial charge in [0.1, 0.15) is 5.75 Å². The monoisotopic (exact) mass is 299 g/mol. The van der Waals surface area contributed by atoms with Gasteiger partial charge in [-0.2, -0.15) is 0 Å². The molecule has 2 nitrogen and oxygen atoms in total. The Morgan fingerprint density at radius 3 is 2.65 bits per heavy atom.